The molecule has 0 fully saturated rings. The van der Waals surface area contributed by atoms with Crippen molar-refractivity contribution in [3.8, 4) is 11.5 Å². The Bertz CT molecular complexity index is 825. The van der Waals surface area contributed by atoms with E-state index in [-0.39, 0.29) is 24.9 Å². The van der Waals surface area contributed by atoms with Gasteiger partial charge in [-0.2, -0.15) is 0 Å². The van der Waals surface area contributed by atoms with Crippen LogP contribution in [0.1, 0.15) is 42.3 Å². The largest absolute Gasteiger partial charge is 0.454 e. The topological polar surface area (TPSA) is 64.6 Å². The Morgan fingerprint density at radius 1 is 1.04 bits per heavy atom. The van der Waals surface area contributed by atoms with E-state index in [9.17, 15) is 9.59 Å². The summed E-state index contributed by atoms with van der Waals surface area (Å²) in [7, 11) is 0. The molecule has 1 aliphatic rings. The van der Waals surface area contributed by atoms with Gasteiger partial charge in [-0.25, -0.2) is 0 Å². The zero-order valence-electron chi connectivity index (χ0n) is 15.3. The molecule has 0 aliphatic carbocycles. The molecule has 0 unspecified atom stereocenters. The van der Waals surface area contributed by atoms with Gasteiger partial charge in [-0.05, 0) is 36.5 Å². The number of amides is 1. The van der Waals surface area contributed by atoms with E-state index in [2.05, 4.69) is 31.3 Å². The van der Waals surface area contributed by atoms with Crippen molar-refractivity contribution in [2.75, 3.05) is 12.1 Å². The number of fused-ring (bicyclic) bond motifs is 1. The minimum absolute atomic E-state index is 0.118. The molecule has 2 aromatic carbocycles. The normalized spacial score (nSPS) is 12.3. The van der Waals surface area contributed by atoms with Gasteiger partial charge in [0.1, 0.15) is 0 Å². The first-order valence-electron chi connectivity index (χ1n) is 8.74. The number of hydrogen-bond acceptors (Lipinski definition) is 4. The molecule has 2 aromatic rings. The quantitative estimate of drug-likeness (QED) is 0.797. The van der Waals surface area contributed by atoms with Crippen LogP contribution in [0.3, 0.4) is 0 Å². The van der Waals surface area contributed by atoms with Crippen LogP contribution >= 0.6 is 0 Å². The molecule has 3 rings (SSSR count). The molecule has 0 bridgehead atoms. The molecule has 0 spiro atoms. The van der Waals surface area contributed by atoms with Crippen LogP contribution in [0.4, 0.5) is 5.69 Å². The first-order valence-corrected chi connectivity index (χ1v) is 8.74. The molecule has 1 heterocycles. The molecule has 5 heteroatoms. The summed E-state index contributed by atoms with van der Waals surface area (Å²) >= 11 is 0. The predicted octanol–water partition coefficient (Wildman–Crippen LogP) is 4.00. The minimum atomic E-state index is -0.178. The van der Waals surface area contributed by atoms with Crippen molar-refractivity contribution in [3.05, 3.63) is 53.1 Å². The zero-order chi connectivity index (χ0) is 18.7. The number of nitrogens with one attached hydrogen (secondary N) is 1. The van der Waals surface area contributed by atoms with Crippen LogP contribution in [-0.4, -0.2) is 18.5 Å². The van der Waals surface area contributed by atoms with Gasteiger partial charge < -0.3 is 14.8 Å². The average molecular weight is 353 g/mol. The number of carbonyl (C=O) groups excluding carboxylic acids is 2. The molecule has 0 aromatic heterocycles. The first kappa shape index (κ1) is 18.0. The van der Waals surface area contributed by atoms with Crippen LogP contribution in [0.5, 0.6) is 11.5 Å². The van der Waals surface area contributed by atoms with Gasteiger partial charge in [0.05, 0.1) is 12.1 Å². The summed E-state index contributed by atoms with van der Waals surface area (Å²) in [6.45, 7) is 5.94. The zero-order valence-corrected chi connectivity index (χ0v) is 15.3. The van der Waals surface area contributed by atoms with E-state index in [1.165, 1.54) is 12.5 Å². The average Bonchev–Trinajstić information content (AvgIpc) is 3.02. The molecule has 0 radical (unpaired) electrons. The standard InChI is InChI=1S/C21H23NO4/c1-13(2)8-15-4-6-16(7-5-15)9-21(24)22-18-11-20-19(25-12-26-20)10-17(18)14(3)23/h4-7,10-11,13H,8-9,12H2,1-3H3,(H,22,24). The minimum Gasteiger partial charge on any atom is -0.454 e. The lowest BCUT2D eigenvalue weighted by Gasteiger charge is -2.11. The van der Waals surface area contributed by atoms with Gasteiger partial charge in [0, 0.05) is 11.6 Å². The van der Waals surface area contributed by atoms with Crippen molar-refractivity contribution in [1.29, 1.82) is 0 Å². The van der Waals surface area contributed by atoms with E-state index < -0.39 is 0 Å². The second-order valence-corrected chi connectivity index (χ2v) is 6.95. The monoisotopic (exact) mass is 353 g/mol. The molecule has 1 amide bonds. The summed E-state index contributed by atoms with van der Waals surface area (Å²) in [6, 6.07) is 11.3. The number of benzene rings is 2. The van der Waals surface area contributed by atoms with E-state index in [1.807, 2.05) is 12.1 Å². The highest BCUT2D eigenvalue weighted by molar-refractivity contribution is 6.04. The lowest BCUT2D eigenvalue weighted by Crippen LogP contribution is -2.16. The molecular formula is C21H23NO4. The summed E-state index contributed by atoms with van der Waals surface area (Å²) in [5, 5.41) is 2.82. The van der Waals surface area contributed by atoms with Crippen molar-refractivity contribution >= 4 is 17.4 Å². The highest BCUT2D eigenvalue weighted by Crippen LogP contribution is 2.37. The van der Waals surface area contributed by atoms with Crippen LogP contribution in [0, 0.1) is 5.92 Å². The maximum absolute atomic E-state index is 12.4. The molecular weight excluding hydrogens is 330 g/mol. The second-order valence-electron chi connectivity index (χ2n) is 6.95. The molecule has 0 atom stereocenters. The molecule has 0 saturated carbocycles. The maximum Gasteiger partial charge on any atom is 0.231 e. The van der Waals surface area contributed by atoms with Crippen molar-refractivity contribution in [1.82, 2.24) is 0 Å². The highest BCUT2D eigenvalue weighted by atomic mass is 16.7. The van der Waals surface area contributed by atoms with E-state index in [0.717, 1.165) is 12.0 Å². The third kappa shape index (κ3) is 4.23. The number of rotatable bonds is 6. The van der Waals surface area contributed by atoms with E-state index >= 15 is 0 Å². The Hall–Kier alpha value is -2.82. The number of carbonyl (C=O) groups is 2. The van der Waals surface area contributed by atoms with E-state index in [0.29, 0.717) is 28.7 Å². The summed E-state index contributed by atoms with van der Waals surface area (Å²) in [6.07, 6.45) is 1.26. The van der Waals surface area contributed by atoms with Gasteiger partial charge in [-0.15, -0.1) is 0 Å². The summed E-state index contributed by atoms with van der Waals surface area (Å²) < 4.78 is 10.6. The van der Waals surface area contributed by atoms with Gasteiger partial charge in [0.2, 0.25) is 12.7 Å². The molecule has 1 N–H and O–H groups in total. The van der Waals surface area contributed by atoms with Crippen LogP contribution in [0.15, 0.2) is 36.4 Å². The van der Waals surface area contributed by atoms with Crippen molar-refractivity contribution in [2.24, 2.45) is 5.92 Å². The molecule has 26 heavy (non-hydrogen) atoms. The highest BCUT2D eigenvalue weighted by Gasteiger charge is 2.20. The fraction of sp³-hybridized carbons (Fsp3) is 0.333. The maximum atomic E-state index is 12.4. The lowest BCUT2D eigenvalue weighted by atomic mass is 10.0. The van der Waals surface area contributed by atoms with Crippen LogP contribution < -0.4 is 14.8 Å². The van der Waals surface area contributed by atoms with Gasteiger partial charge in [0.15, 0.2) is 17.3 Å². The second kappa shape index (κ2) is 7.60. The van der Waals surface area contributed by atoms with Gasteiger partial charge in [0.25, 0.3) is 0 Å². The Kier molecular flexibility index (Phi) is 5.26. The number of anilines is 1. The predicted molar refractivity (Wildman–Crippen MR) is 99.9 cm³/mol. The van der Waals surface area contributed by atoms with Crippen molar-refractivity contribution < 1.29 is 19.1 Å². The summed E-state index contributed by atoms with van der Waals surface area (Å²) in [5.74, 6) is 1.33. The molecule has 0 saturated heterocycles. The Morgan fingerprint density at radius 3 is 2.27 bits per heavy atom. The smallest absolute Gasteiger partial charge is 0.231 e. The Labute approximate surface area is 153 Å². The summed E-state index contributed by atoms with van der Waals surface area (Å²) in [5.41, 5.74) is 3.05. The SMILES string of the molecule is CC(=O)c1cc2c(cc1NC(=O)Cc1ccc(CC(C)C)cc1)OCO2. The third-order valence-electron chi connectivity index (χ3n) is 4.20. The van der Waals surface area contributed by atoms with Crippen molar-refractivity contribution in [2.45, 2.75) is 33.6 Å². The lowest BCUT2D eigenvalue weighted by molar-refractivity contribution is -0.115. The Balaban J connectivity index is 1.71. The number of ketones is 1. The molecule has 5 nitrogen and oxygen atoms in total. The van der Waals surface area contributed by atoms with Crippen LogP contribution in [-0.2, 0) is 17.6 Å². The number of hydrogen-bond donors (Lipinski definition) is 1. The van der Waals surface area contributed by atoms with E-state index in [4.69, 9.17) is 9.47 Å². The van der Waals surface area contributed by atoms with Crippen molar-refractivity contribution in [3.63, 3.8) is 0 Å². The van der Waals surface area contributed by atoms with Gasteiger partial charge >= 0.3 is 0 Å². The van der Waals surface area contributed by atoms with Gasteiger partial charge in [-0.1, -0.05) is 38.1 Å². The van der Waals surface area contributed by atoms with Crippen LogP contribution in [0.2, 0.25) is 0 Å². The number of ether oxygens (including phenoxy) is 2. The van der Waals surface area contributed by atoms with Gasteiger partial charge in [-0.3, -0.25) is 9.59 Å². The summed E-state index contributed by atoms with van der Waals surface area (Å²) in [4.78, 5) is 24.3. The first-order chi connectivity index (χ1) is 12.4. The van der Waals surface area contributed by atoms with Crippen LogP contribution in [0.25, 0.3) is 0 Å². The fourth-order valence-corrected chi connectivity index (χ4v) is 2.98. The third-order valence-corrected chi connectivity index (χ3v) is 4.20. The molecule has 1 aliphatic heterocycles. The number of Topliss-reactive ketones (excluding diaryl/α,β-unsaturated/α-hetero) is 1. The fourth-order valence-electron chi connectivity index (χ4n) is 2.98. The molecule has 136 valence electrons. The Morgan fingerprint density at radius 2 is 1.65 bits per heavy atom. The van der Waals surface area contributed by atoms with E-state index in [1.54, 1.807) is 12.1 Å².